The van der Waals surface area contributed by atoms with Gasteiger partial charge in [-0.2, -0.15) is 0 Å². The average molecular weight is 391 g/mol. The number of aliphatic carboxylic acids is 1. The first-order chi connectivity index (χ1) is 12.7. The third-order valence-corrected chi connectivity index (χ3v) is 6.39. The van der Waals surface area contributed by atoms with E-state index in [2.05, 4.69) is 10.6 Å². The van der Waals surface area contributed by atoms with Crippen molar-refractivity contribution in [1.82, 2.24) is 10.2 Å². The number of carboxylic acid groups (broad SMARTS) is 1. The first-order valence-electron chi connectivity index (χ1n) is 8.62. The first-order valence-corrected chi connectivity index (χ1v) is 9.60. The van der Waals surface area contributed by atoms with Crippen LogP contribution in [-0.4, -0.2) is 56.4 Å². The van der Waals surface area contributed by atoms with Crippen LogP contribution in [0.4, 0.5) is 5.69 Å². The molecule has 0 aliphatic carbocycles. The molecule has 2 fully saturated rings. The molecule has 0 spiro atoms. The maximum absolute atomic E-state index is 12.6. The van der Waals surface area contributed by atoms with Gasteiger partial charge in [0.1, 0.15) is 12.1 Å². The molecule has 0 saturated carbocycles. The highest BCUT2D eigenvalue weighted by Gasteiger charge is 2.52. The van der Waals surface area contributed by atoms with E-state index in [-0.39, 0.29) is 16.7 Å². The molecule has 0 bridgehead atoms. The summed E-state index contributed by atoms with van der Waals surface area (Å²) < 4.78 is 0. The second-order valence-electron chi connectivity index (χ2n) is 6.87. The van der Waals surface area contributed by atoms with Gasteiger partial charge in [-0.05, 0) is 44.5 Å². The smallest absolute Gasteiger partial charge is 0.325 e. The topological polar surface area (TPSA) is 116 Å². The number of anilines is 1. The van der Waals surface area contributed by atoms with Crippen molar-refractivity contribution in [3.8, 4) is 0 Å². The number of fused-ring (bicyclic) bond motifs is 1. The molecular weight excluding hydrogens is 370 g/mol. The molecule has 1 aromatic carbocycles. The fraction of sp³-hybridized carbons (Fsp3) is 0.444. The van der Waals surface area contributed by atoms with Crippen LogP contribution in [0.1, 0.15) is 37.0 Å². The second-order valence-corrected chi connectivity index (χ2v) is 8.37. The number of carbonyl (C=O) groups excluding carboxylic acids is 3. The average Bonchev–Trinajstić information content (AvgIpc) is 3.11. The molecule has 3 N–H and O–H groups in total. The molecule has 144 valence electrons. The van der Waals surface area contributed by atoms with E-state index in [9.17, 15) is 19.2 Å². The molecular formula is C18H21N3O5S. The van der Waals surface area contributed by atoms with Crippen LogP contribution in [0, 0.1) is 0 Å². The Morgan fingerprint density at radius 3 is 2.59 bits per heavy atom. The molecule has 8 nitrogen and oxygen atoms in total. The van der Waals surface area contributed by atoms with Gasteiger partial charge < -0.3 is 20.6 Å². The summed E-state index contributed by atoms with van der Waals surface area (Å²) >= 11 is 1.62. The van der Waals surface area contributed by atoms with E-state index >= 15 is 0 Å². The van der Waals surface area contributed by atoms with Gasteiger partial charge in [0.25, 0.3) is 5.91 Å². The number of nitrogens with one attached hydrogen (secondary N) is 2. The van der Waals surface area contributed by atoms with Gasteiger partial charge in [-0.3, -0.25) is 19.2 Å². The van der Waals surface area contributed by atoms with Crippen molar-refractivity contribution in [1.29, 1.82) is 0 Å². The van der Waals surface area contributed by atoms with Gasteiger partial charge in [-0.1, -0.05) is 0 Å². The first kappa shape index (κ1) is 19.2. The summed E-state index contributed by atoms with van der Waals surface area (Å²) in [4.78, 5) is 48.9. The van der Waals surface area contributed by atoms with Gasteiger partial charge in [0.15, 0.2) is 0 Å². The monoisotopic (exact) mass is 391 g/mol. The van der Waals surface area contributed by atoms with Crippen molar-refractivity contribution >= 4 is 41.1 Å². The van der Waals surface area contributed by atoms with Gasteiger partial charge in [0, 0.05) is 23.4 Å². The summed E-state index contributed by atoms with van der Waals surface area (Å²) in [6.45, 7) is 3.36. The Kier molecular flexibility index (Phi) is 5.14. The molecule has 3 atom stereocenters. The van der Waals surface area contributed by atoms with E-state index < -0.39 is 24.0 Å². The third-order valence-electron chi connectivity index (χ3n) is 4.88. The quantitative estimate of drug-likeness (QED) is 0.696. The summed E-state index contributed by atoms with van der Waals surface area (Å²) in [6.07, 6.45) is 1.21. The van der Waals surface area contributed by atoms with E-state index in [0.29, 0.717) is 23.4 Å². The Morgan fingerprint density at radius 1 is 1.30 bits per heavy atom. The Hall–Kier alpha value is -2.55. The minimum absolute atomic E-state index is 0.00205. The zero-order valence-corrected chi connectivity index (χ0v) is 15.8. The Bertz CT molecular complexity index is 797. The van der Waals surface area contributed by atoms with Gasteiger partial charge in [-0.15, -0.1) is 11.8 Å². The molecule has 1 aromatic rings. The van der Waals surface area contributed by atoms with Crippen molar-refractivity contribution in [2.45, 2.75) is 43.6 Å². The number of nitrogens with zero attached hydrogens (tertiary/aromatic N) is 1. The van der Waals surface area contributed by atoms with Crippen LogP contribution in [0.2, 0.25) is 0 Å². The minimum Gasteiger partial charge on any atom is -0.480 e. The lowest BCUT2D eigenvalue weighted by molar-refractivity contribution is -0.138. The summed E-state index contributed by atoms with van der Waals surface area (Å²) in [5, 5.41) is 14.0. The number of thioether (sulfide) groups is 1. The highest BCUT2D eigenvalue weighted by molar-refractivity contribution is 8.01. The van der Waals surface area contributed by atoms with Crippen LogP contribution in [-0.2, 0) is 14.4 Å². The molecule has 2 heterocycles. The number of benzene rings is 1. The van der Waals surface area contributed by atoms with E-state index in [4.69, 9.17) is 5.11 Å². The molecule has 0 radical (unpaired) electrons. The van der Waals surface area contributed by atoms with Crippen LogP contribution in [0.25, 0.3) is 0 Å². The van der Waals surface area contributed by atoms with Crippen LogP contribution in [0.3, 0.4) is 0 Å². The van der Waals surface area contributed by atoms with Gasteiger partial charge in [-0.25, -0.2) is 0 Å². The zero-order valence-electron chi connectivity index (χ0n) is 15.0. The van der Waals surface area contributed by atoms with E-state index in [1.807, 2.05) is 6.92 Å². The minimum atomic E-state index is -1.12. The molecule has 0 aromatic heterocycles. The molecule has 3 amide bonds. The predicted molar refractivity (Wildman–Crippen MR) is 100 cm³/mol. The largest absolute Gasteiger partial charge is 0.480 e. The van der Waals surface area contributed by atoms with Crippen molar-refractivity contribution in [2.24, 2.45) is 0 Å². The SMILES string of the molecule is CC(NC(=O)c1ccc(NC(=O)C2CSC3(C)CCC(=O)N23)cc1)C(=O)O. The standard InChI is InChI=1S/C18H21N3O5S/c1-10(17(25)26)19-15(23)11-3-5-12(6-4-11)20-16(24)13-9-27-18(2)8-7-14(22)21(13)18/h3-6,10,13H,7-9H2,1-2H3,(H,19,23)(H,20,24)(H,25,26). The van der Waals surface area contributed by atoms with E-state index in [0.717, 1.165) is 6.42 Å². The number of rotatable bonds is 5. The molecule has 9 heteroatoms. The predicted octanol–water partition coefficient (Wildman–Crippen LogP) is 1.28. The van der Waals surface area contributed by atoms with Crippen LogP contribution in [0.15, 0.2) is 24.3 Å². The number of hydrogen-bond acceptors (Lipinski definition) is 5. The summed E-state index contributed by atoms with van der Waals surface area (Å²) in [6, 6.07) is 4.66. The zero-order chi connectivity index (χ0) is 19.8. The lowest BCUT2D eigenvalue weighted by atomic mass is 10.1. The van der Waals surface area contributed by atoms with Crippen LogP contribution >= 0.6 is 11.8 Å². The van der Waals surface area contributed by atoms with E-state index in [1.165, 1.54) is 19.1 Å². The van der Waals surface area contributed by atoms with Crippen molar-refractivity contribution in [3.05, 3.63) is 29.8 Å². The number of amides is 3. The second kappa shape index (κ2) is 7.22. The van der Waals surface area contributed by atoms with Crippen molar-refractivity contribution in [2.75, 3.05) is 11.1 Å². The van der Waals surface area contributed by atoms with Crippen LogP contribution in [0.5, 0.6) is 0 Å². The lowest BCUT2D eigenvalue weighted by Crippen LogP contribution is -2.48. The Labute approximate surface area is 160 Å². The maximum Gasteiger partial charge on any atom is 0.325 e. The molecule has 2 aliphatic rings. The third kappa shape index (κ3) is 3.78. The summed E-state index contributed by atoms with van der Waals surface area (Å²) in [5.74, 6) is -1.32. The summed E-state index contributed by atoms with van der Waals surface area (Å²) in [5.41, 5.74) is 0.799. The van der Waals surface area contributed by atoms with Crippen LogP contribution < -0.4 is 10.6 Å². The molecule has 3 rings (SSSR count). The van der Waals surface area contributed by atoms with Gasteiger partial charge in [0.05, 0.1) is 4.87 Å². The van der Waals surface area contributed by atoms with Gasteiger partial charge in [0.2, 0.25) is 11.8 Å². The lowest BCUT2D eigenvalue weighted by Gasteiger charge is -2.29. The van der Waals surface area contributed by atoms with Crippen molar-refractivity contribution in [3.63, 3.8) is 0 Å². The fourth-order valence-electron chi connectivity index (χ4n) is 3.29. The van der Waals surface area contributed by atoms with E-state index in [1.54, 1.807) is 28.8 Å². The normalized spacial score (nSPS) is 25.0. The number of carboxylic acids is 1. The number of hydrogen-bond donors (Lipinski definition) is 3. The molecule has 3 unspecified atom stereocenters. The Morgan fingerprint density at radius 2 is 1.96 bits per heavy atom. The number of carbonyl (C=O) groups is 4. The van der Waals surface area contributed by atoms with Crippen molar-refractivity contribution < 1.29 is 24.3 Å². The molecule has 27 heavy (non-hydrogen) atoms. The highest BCUT2D eigenvalue weighted by Crippen LogP contribution is 2.47. The molecule has 2 aliphatic heterocycles. The summed E-state index contributed by atoms with van der Waals surface area (Å²) in [7, 11) is 0. The van der Waals surface area contributed by atoms with Gasteiger partial charge >= 0.3 is 5.97 Å². The maximum atomic E-state index is 12.6. The highest BCUT2D eigenvalue weighted by atomic mass is 32.2. The molecule has 2 saturated heterocycles. The Balaban J connectivity index is 1.63. The fourth-order valence-corrected chi connectivity index (χ4v) is 4.72.